The van der Waals surface area contributed by atoms with Gasteiger partial charge in [-0.05, 0) is 42.7 Å². The lowest BCUT2D eigenvalue weighted by molar-refractivity contribution is 0.411. The van der Waals surface area contributed by atoms with E-state index >= 15 is 0 Å². The summed E-state index contributed by atoms with van der Waals surface area (Å²) >= 11 is 0. The number of ether oxygens (including phenoxy) is 2. The topological polar surface area (TPSA) is 80.3 Å². The normalized spacial score (nSPS) is 14.1. The van der Waals surface area contributed by atoms with Crippen LogP contribution in [0.4, 0.5) is 0 Å². The van der Waals surface area contributed by atoms with Gasteiger partial charge < -0.3 is 14.0 Å². The highest BCUT2D eigenvalue weighted by Crippen LogP contribution is 2.29. The molecule has 0 N–H and O–H groups in total. The molecular weight excluding hydrogens is 420 g/mol. The van der Waals surface area contributed by atoms with Crippen LogP contribution < -0.4 is 20.7 Å². The smallest absolute Gasteiger partial charge is 0.337 e. The van der Waals surface area contributed by atoms with Crippen LogP contribution in [0.2, 0.25) is 0 Å². The van der Waals surface area contributed by atoms with Gasteiger partial charge in [-0.1, -0.05) is 37.1 Å². The molecule has 2 aromatic carbocycles. The first kappa shape index (κ1) is 21.1. The fourth-order valence-electron chi connectivity index (χ4n) is 4.72. The van der Waals surface area contributed by atoms with Gasteiger partial charge in [-0.25, -0.2) is 14.3 Å². The van der Waals surface area contributed by atoms with E-state index in [1.807, 2.05) is 47.0 Å². The summed E-state index contributed by atoms with van der Waals surface area (Å²) < 4.78 is 15.5. The molecule has 8 heteroatoms. The van der Waals surface area contributed by atoms with E-state index in [9.17, 15) is 9.59 Å². The van der Waals surface area contributed by atoms with Gasteiger partial charge in [0.1, 0.15) is 11.5 Å². The summed E-state index contributed by atoms with van der Waals surface area (Å²) in [5.74, 6) is 1.31. The fourth-order valence-corrected chi connectivity index (χ4v) is 4.72. The van der Waals surface area contributed by atoms with E-state index in [0.29, 0.717) is 29.1 Å². The summed E-state index contributed by atoms with van der Waals surface area (Å²) in [6.45, 7) is 0.449. The van der Waals surface area contributed by atoms with Crippen molar-refractivity contribution in [3.05, 3.63) is 81.3 Å². The molecule has 0 spiro atoms. The molecule has 0 amide bonds. The van der Waals surface area contributed by atoms with Crippen molar-refractivity contribution in [3.63, 3.8) is 0 Å². The van der Waals surface area contributed by atoms with E-state index < -0.39 is 0 Å². The van der Waals surface area contributed by atoms with E-state index in [2.05, 4.69) is 4.98 Å². The average molecular weight is 447 g/mol. The molecule has 4 aromatic rings. The molecule has 0 unspecified atom stereocenters. The molecule has 1 saturated carbocycles. The Morgan fingerprint density at radius 2 is 1.70 bits per heavy atom. The Morgan fingerprint density at radius 3 is 2.39 bits per heavy atom. The predicted octanol–water partition coefficient (Wildman–Crippen LogP) is 3.53. The van der Waals surface area contributed by atoms with Crippen molar-refractivity contribution in [2.75, 3.05) is 14.2 Å². The quantitative estimate of drug-likeness (QED) is 0.453. The van der Waals surface area contributed by atoms with E-state index in [-0.39, 0.29) is 17.3 Å². The van der Waals surface area contributed by atoms with Crippen LogP contribution in [0.15, 0.2) is 64.4 Å². The van der Waals surface area contributed by atoms with Crippen LogP contribution in [0, 0.1) is 0 Å². The molecule has 170 valence electrons. The number of methoxy groups -OCH3 is 2. The number of fused-ring (bicyclic) bond motifs is 1. The van der Waals surface area contributed by atoms with Gasteiger partial charge in [0.15, 0.2) is 11.2 Å². The largest absolute Gasteiger partial charge is 0.497 e. The number of benzene rings is 2. The average Bonchev–Trinajstić information content (AvgIpc) is 3.51. The summed E-state index contributed by atoms with van der Waals surface area (Å²) in [4.78, 5) is 31.9. The van der Waals surface area contributed by atoms with Crippen molar-refractivity contribution in [1.82, 2.24) is 18.7 Å². The Labute approximate surface area is 190 Å². The maximum atomic E-state index is 13.7. The molecule has 1 aliphatic rings. The van der Waals surface area contributed by atoms with Gasteiger partial charge in [-0.15, -0.1) is 0 Å². The van der Waals surface area contributed by atoms with Crippen molar-refractivity contribution < 1.29 is 9.47 Å². The molecular formula is C25H26N4O4. The third-order valence-electron chi connectivity index (χ3n) is 6.38. The fraction of sp³-hybridized carbons (Fsp3) is 0.320. The molecule has 0 atom stereocenters. The number of para-hydroxylation sites is 2. The van der Waals surface area contributed by atoms with Crippen LogP contribution in [0.5, 0.6) is 11.5 Å². The van der Waals surface area contributed by atoms with Crippen LogP contribution >= 0.6 is 0 Å². The van der Waals surface area contributed by atoms with Crippen LogP contribution in [0.25, 0.3) is 16.9 Å². The molecule has 1 fully saturated rings. The van der Waals surface area contributed by atoms with E-state index in [4.69, 9.17) is 9.47 Å². The number of hydrogen-bond donors (Lipinski definition) is 0. The highest BCUT2D eigenvalue weighted by atomic mass is 16.5. The second-order valence-electron chi connectivity index (χ2n) is 8.30. The minimum Gasteiger partial charge on any atom is -0.497 e. The van der Waals surface area contributed by atoms with Crippen molar-refractivity contribution >= 4 is 11.2 Å². The highest BCUT2D eigenvalue weighted by Gasteiger charge is 2.27. The molecule has 0 aliphatic heterocycles. The van der Waals surface area contributed by atoms with Crippen molar-refractivity contribution in [3.8, 4) is 17.2 Å². The van der Waals surface area contributed by atoms with Gasteiger partial charge in [0.05, 0.1) is 26.2 Å². The van der Waals surface area contributed by atoms with Crippen LogP contribution in [0.3, 0.4) is 0 Å². The van der Waals surface area contributed by atoms with Gasteiger partial charge in [-0.3, -0.25) is 9.36 Å². The van der Waals surface area contributed by atoms with Gasteiger partial charge in [0, 0.05) is 12.6 Å². The maximum Gasteiger partial charge on any atom is 0.337 e. The van der Waals surface area contributed by atoms with Gasteiger partial charge in [-0.2, -0.15) is 0 Å². The predicted molar refractivity (Wildman–Crippen MR) is 126 cm³/mol. The zero-order valence-electron chi connectivity index (χ0n) is 18.7. The Kier molecular flexibility index (Phi) is 5.50. The van der Waals surface area contributed by atoms with E-state index in [1.54, 1.807) is 26.6 Å². The Bertz CT molecular complexity index is 1410. The minimum absolute atomic E-state index is 0.111. The number of imidazole rings is 1. The molecule has 8 nitrogen and oxygen atoms in total. The third kappa shape index (κ3) is 3.61. The zero-order valence-corrected chi connectivity index (χ0v) is 18.7. The molecule has 2 aromatic heterocycles. The number of hydrogen-bond acceptors (Lipinski definition) is 5. The monoisotopic (exact) mass is 446 g/mol. The third-order valence-corrected chi connectivity index (χ3v) is 6.38. The number of rotatable bonds is 6. The summed E-state index contributed by atoms with van der Waals surface area (Å²) in [6.07, 6.45) is 5.28. The lowest BCUT2D eigenvalue weighted by Crippen LogP contribution is -2.42. The first-order valence-electron chi connectivity index (χ1n) is 11.1. The van der Waals surface area contributed by atoms with Crippen molar-refractivity contribution in [2.45, 2.75) is 38.3 Å². The SMILES string of the molecule is COc1ccc(Cn2cnc3c2c(=O)n(C2CCCC2)c(=O)n3-c2ccccc2OC)cc1. The van der Waals surface area contributed by atoms with Crippen LogP contribution in [-0.2, 0) is 6.54 Å². The van der Waals surface area contributed by atoms with Gasteiger partial charge in [0.2, 0.25) is 0 Å². The standard InChI is InChI=1S/C25H26N4O4/c1-32-19-13-11-17(12-14-19)15-27-16-26-23-22(27)24(30)28(18-7-3-4-8-18)25(31)29(23)20-9-5-6-10-21(20)33-2/h5-6,9-14,16,18H,3-4,7-8,15H2,1-2H3. The van der Waals surface area contributed by atoms with Crippen LogP contribution in [-0.4, -0.2) is 32.9 Å². The lowest BCUT2D eigenvalue weighted by atomic mass is 10.2. The molecule has 1 aliphatic carbocycles. The molecule has 33 heavy (non-hydrogen) atoms. The second kappa shape index (κ2) is 8.61. The van der Waals surface area contributed by atoms with Gasteiger partial charge >= 0.3 is 5.69 Å². The Balaban J connectivity index is 1.76. The van der Waals surface area contributed by atoms with Crippen molar-refractivity contribution in [1.29, 1.82) is 0 Å². The van der Waals surface area contributed by atoms with Crippen LogP contribution in [0.1, 0.15) is 37.3 Å². The minimum atomic E-state index is -0.376. The first-order valence-corrected chi connectivity index (χ1v) is 11.1. The molecule has 0 radical (unpaired) electrons. The Morgan fingerprint density at radius 1 is 0.970 bits per heavy atom. The highest BCUT2D eigenvalue weighted by molar-refractivity contribution is 5.73. The van der Waals surface area contributed by atoms with E-state index in [0.717, 1.165) is 37.0 Å². The zero-order chi connectivity index (χ0) is 22.9. The molecule has 0 bridgehead atoms. The van der Waals surface area contributed by atoms with Crippen molar-refractivity contribution in [2.24, 2.45) is 0 Å². The molecule has 2 heterocycles. The molecule has 5 rings (SSSR count). The first-order chi connectivity index (χ1) is 16.1. The summed E-state index contributed by atoms with van der Waals surface area (Å²) in [6, 6.07) is 14.9. The Hall–Kier alpha value is -3.81. The van der Waals surface area contributed by atoms with E-state index in [1.165, 1.54) is 9.13 Å². The second-order valence-corrected chi connectivity index (χ2v) is 8.30. The number of nitrogens with zero attached hydrogens (tertiary/aromatic N) is 4. The summed E-state index contributed by atoms with van der Waals surface area (Å²) in [7, 11) is 3.19. The summed E-state index contributed by atoms with van der Waals surface area (Å²) in [5, 5.41) is 0. The lowest BCUT2D eigenvalue weighted by Gasteiger charge is -2.18. The van der Waals surface area contributed by atoms with Gasteiger partial charge in [0.25, 0.3) is 5.56 Å². The summed E-state index contributed by atoms with van der Waals surface area (Å²) in [5.41, 5.74) is 1.63. The molecule has 0 saturated heterocycles. The number of aromatic nitrogens is 4. The maximum absolute atomic E-state index is 13.7.